The summed E-state index contributed by atoms with van der Waals surface area (Å²) in [5.41, 5.74) is 0.257. The third-order valence-electron chi connectivity index (χ3n) is 3.96. The van der Waals surface area contributed by atoms with E-state index in [1.807, 2.05) is 13.0 Å². The lowest BCUT2D eigenvalue weighted by Gasteiger charge is -2.13. The normalized spacial score (nSPS) is 11.4. The number of nitrogens with zero attached hydrogens (tertiary/aromatic N) is 4. The molecule has 3 aromatic rings. The molecule has 1 amide bonds. The SMILES string of the molecule is COc1ccc(-n2ncc(C(=O)Nc3ccc(C)cc3C)c2C(F)(F)F)nn1. The molecule has 0 saturated carbocycles. The van der Waals surface area contributed by atoms with Crippen molar-refractivity contribution in [2.45, 2.75) is 20.0 Å². The van der Waals surface area contributed by atoms with Crippen LogP contribution in [0.1, 0.15) is 27.2 Å². The van der Waals surface area contributed by atoms with Gasteiger partial charge in [-0.3, -0.25) is 4.79 Å². The van der Waals surface area contributed by atoms with Crippen LogP contribution in [0.3, 0.4) is 0 Å². The van der Waals surface area contributed by atoms with Crippen LogP contribution >= 0.6 is 0 Å². The molecular formula is C18H16F3N5O2. The highest BCUT2D eigenvalue weighted by Gasteiger charge is 2.41. The number of carbonyl (C=O) groups is 1. The summed E-state index contributed by atoms with van der Waals surface area (Å²) in [6.07, 6.45) is -3.99. The van der Waals surface area contributed by atoms with Gasteiger partial charge in [0.15, 0.2) is 11.5 Å². The van der Waals surface area contributed by atoms with Crippen molar-refractivity contribution in [1.29, 1.82) is 0 Å². The fourth-order valence-corrected chi connectivity index (χ4v) is 2.64. The van der Waals surface area contributed by atoms with Gasteiger partial charge in [-0.1, -0.05) is 17.7 Å². The number of methoxy groups -OCH3 is 1. The maximum Gasteiger partial charge on any atom is 0.434 e. The molecule has 146 valence electrons. The zero-order valence-corrected chi connectivity index (χ0v) is 15.2. The number of halogens is 3. The molecule has 0 bridgehead atoms. The van der Waals surface area contributed by atoms with Gasteiger partial charge >= 0.3 is 6.18 Å². The highest BCUT2D eigenvalue weighted by atomic mass is 19.4. The molecule has 10 heteroatoms. The molecule has 0 unspecified atom stereocenters. The zero-order chi connectivity index (χ0) is 20.5. The van der Waals surface area contributed by atoms with Gasteiger partial charge in [0.05, 0.1) is 18.9 Å². The van der Waals surface area contributed by atoms with Crippen LogP contribution in [0.15, 0.2) is 36.5 Å². The number of amides is 1. The number of rotatable bonds is 4. The van der Waals surface area contributed by atoms with Crippen molar-refractivity contribution in [2.75, 3.05) is 12.4 Å². The van der Waals surface area contributed by atoms with E-state index in [-0.39, 0.29) is 11.7 Å². The summed E-state index contributed by atoms with van der Waals surface area (Å²) >= 11 is 0. The molecule has 0 aliphatic heterocycles. The lowest BCUT2D eigenvalue weighted by Crippen LogP contribution is -2.21. The van der Waals surface area contributed by atoms with E-state index in [9.17, 15) is 18.0 Å². The van der Waals surface area contributed by atoms with Crippen LogP contribution in [0.4, 0.5) is 18.9 Å². The number of nitrogens with one attached hydrogen (secondary N) is 1. The largest absolute Gasteiger partial charge is 0.480 e. The van der Waals surface area contributed by atoms with Crippen molar-refractivity contribution < 1.29 is 22.7 Å². The molecule has 2 heterocycles. The predicted molar refractivity (Wildman–Crippen MR) is 94.6 cm³/mol. The van der Waals surface area contributed by atoms with Crippen LogP contribution in [-0.2, 0) is 6.18 Å². The lowest BCUT2D eigenvalue weighted by molar-refractivity contribution is -0.143. The van der Waals surface area contributed by atoms with Crippen molar-refractivity contribution in [3.8, 4) is 11.7 Å². The Morgan fingerprint density at radius 3 is 2.46 bits per heavy atom. The van der Waals surface area contributed by atoms with E-state index < -0.39 is 23.3 Å². The van der Waals surface area contributed by atoms with E-state index in [0.29, 0.717) is 10.4 Å². The van der Waals surface area contributed by atoms with Gasteiger partial charge in [0.25, 0.3) is 5.91 Å². The first-order valence-electron chi connectivity index (χ1n) is 8.12. The summed E-state index contributed by atoms with van der Waals surface area (Å²) in [6, 6.07) is 7.81. The molecule has 1 N–H and O–H groups in total. The molecule has 1 aromatic carbocycles. The fourth-order valence-electron chi connectivity index (χ4n) is 2.64. The molecule has 0 aliphatic rings. The van der Waals surface area contributed by atoms with Gasteiger partial charge in [-0.25, -0.2) is 4.68 Å². The van der Waals surface area contributed by atoms with Crippen LogP contribution in [0.25, 0.3) is 5.82 Å². The minimum absolute atomic E-state index is 0.136. The predicted octanol–water partition coefficient (Wildman–Crippen LogP) is 3.56. The molecule has 0 saturated heterocycles. The summed E-state index contributed by atoms with van der Waals surface area (Å²) in [6.45, 7) is 3.63. The first kappa shape index (κ1) is 19.3. The molecule has 0 aliphatic carbocycles. The minimum atomic E-state index is -4.84. The summed E-state index contributed by atoms with van der Waals surface area (Å²) in [4.78, 5) is 12.5. The van der Waals surface area contributed by atoms with Gasteiger partial charge in [-0.15, -0.1) is 10.2 Å². The Kier molecular flexibility index (Phi) is 5.04. The number of hydrogen-bond acceptors (Lipinski definition) is 5. The number of hydrogen-bond donors (Lipinski definition) is 1. The Bertz CT molecular complexity index is 1010. The number of ether oxygens (including phenoxy) is 1. The molecule has 2 aromatic heterocycles. The van der Waals surface area contributed by atoms with E-state index in [1.165, 1.54) is 19.2 Å². The molecule has 7 nitrogen and oxygen atoms in total. The van der Waals surface area contributed by atoms with Crippen LogP contribution in [0, 0.1) is 13.8 Å². The molecule has 0 radical (unpaired) electrons. The Morgan fingerprint density at radius 1 is 1.14 bits per heavy atom. The van der Waals surface area contributed by atoms with E-state index in [4.69, 9.17) is 4.74 Å². The van der Waals surface area contributed by atoms with E-state index in [2.05, 4.69) is 20.6 Å². The molecule has 0 atom stereocenters. The van der Waals surface area contributed by atoms with Gasteiger partial charge in [-0.05, 0) is 31.5 Å². The number of benzene rings is 1. The van der Waals surface area contributed by atoms with Gasteiger partial charge in [0, 0.05) is 11.8 Å². The third kappa shape index (κ3) is 3.80. The number of anilines is 1. The summed E-state index contributed by atoms with van der Waals surface area (Å²) in [5.74, 6) is -0.983. The van der Waals surface area contributed by atoms with Crippen LogP contribution < -0.4 is 10.1 Å². The van der Waals surface area contributed by atoms with E-state index in [0.717, 1.165) is 17.3 Å². The number of aromatic nitrogens is 4. The van der Waals surface area contributed by atoms with Gasteiger partial charge in [0.1, 0.15) is 0 Å². The summed E-state index contributed by atoms with van der Waals surface area (Å²) in [5, 5.41) is 13.5. The third-order valence-corrected chi connectivity index (χ3v) is 3.96. The Morgan fingerprint density at radius 2 is 1.89 bits per heavy atom. The molecule has 0 spiro atoms. The highest BCUT2D eigenvalue weighted by Crippen LogP contribution is 2.34. The van der Waals surface area contributed by atoms with Gasteiger partial charge in [0.2, 0.25) is 5.88 Å². The maximum absolute atomic E-state index is 13.7. The topological polar surface area (TPSA) is 81.9 Å². The minimum Gasteiger partial charge on any atom is -0.480 e. The first-order valence-corrected chi connectivity index (χ1v) is 8.12. The van der Waals surface area contributed by atoms with Crippen molar-refractivity contribution in [1.82, 2.24) is 20.0 Å². The summed E-state index contributed by atoms with van der Waals surface area (Å²) < 4.78 is 46.4. The second kappa shape index (κ2) is 7.29. The fraction of sp³-hybridized carbons (Fsp3) is 0.222. The maximum atomic E-state index is 13.7. The Labute approximate surface area is 158 Å². The number of carbonyl (C=O) groups excluding carboxylic acids is 1. The standard InChI is InChI=1S/C18H16F3N5O2/c1-10-4-5-13(11(2)8-10)23-17(27)12-9-22-26(16(12)18(19,20)21)14-6-7-15(28-3)25-24-14/h4-9H,1-3H3,(H,23,27). The lowest BCUT2D eigenvalue weighted by atomic mass is 10.1. The average molecular weight is 391 g/mol. The van der Waals surface area contributed by atoms with Gasteiger partial charge < -0.3 is 10.1 Å². The second-order valence-corrected chi connectivity index (χ2v) is 6.02. The van der Waals surface area contributed by atoms with E-state index in [1.54, 1.807) is 19.1 Å². The monoisotopic (exact) mass is 391 g/mol. The van der Waals surface area contributed by atoms with Crippen molar-refractivity contribution in [3.05, 3.63) is 58.9 Å². The Balaban J connectivity index is 2.01. The number of aryl methyl sites for hydroxylation is 2. The van der Waals surface area contributed by atoms with Crippen LogP contribution in [0.5, 0.6) is 5.88 Å². The first-order chi connectivity index (χ1) is 13.2. The smallest absolute Gasteiger partial charge is 0.434 e. The average Bonchev–Trinajstić information content (AvgIpc) is 3.10. The second-order valence-electron chi connectivity index (χ2n) is 6.02. The molecule has 0 fully saturated rings. The van der Waals surface area contributed by atoms with Crippen molar-refractivity contribution in [2.24, 2.45) is 0 Å². The van der Waals surface area contributed by atoms with Crippen LogP contribution in [0.2, 0.25) is 0 Å². The highest BCUT2D eigenvalue weighted by molar-refractivity contribution is 6.05. The van der Waals surface area contributed by atoms with Crippen molar-refractivity contribution in [3.63, 3.8) is 0 Å². The van der Waals surface area contributed by atoms with Crippen molar-refractivity contribution >= 4 is 11.6 Å². The summed E-state index contributed by atoms with van der Waals surface area (Å²) in [7, 11) is 1.36. The zero-order valence-electron chi connectivity index (χ0n) is 15.2. The quantitative estimate of drug-likeness (QED) is 0.736. The number of alkyl halides is 3. The Hall–Kier alpha value is -3.43. The van der Waals surface area contributed by atoms with Crippen LogP contribution in [-0.4, -0.2) is 33.0 Å². The van der Waals surface area contributed by atoms with Gasteiger partial charge in [-0.2, -0.15) is 18.3 Å². The molecule has 3 rings (SSSR count). The van der Waals surface area contributed by atoms with E-state index >= 15 is 0 Å². The molecular weight excluding hydrogens is 375 g/mol. The molecule has 28 heavy (non-hydrogen) atoms.